The number of hydrogen-bond acceptors (Lipinski definition) is 4. The summed E-state index contributed by atoms with van der Waals surface area (Å²) in [5.74, 6) is 0. The van der Waals surface area contributed by atoms with Gasteiger partial charge in [-0.25, -0.2) is 0 Å². The molecule has 0 radical (unpaired) electrons. The predicted octanol–water partition coefficient (Wildman–Crippen LogP) is 1.41. The van der Waals surface area contributed by atoms with E-state index < -0.39 is 0 Å². The molecule has 0 saturated carbocycles. The number of nitrogens with one attached hydrogen (secondary N) is 1. The molecule has 0 saturated heterocycles. The summed E-state index contributed by atoms with van der Waals surface area (Å²) >= 11 is 7.30. The second kappa shape index (κ2) is 5.68. The van der Waals surface area contributed by atoms with Gasteiger partial charge < -0.3 is 15.5 Å². The van der Waals surface area contributed by atoms with Crippen molar-refractivity contribution in [2.75, 3.05) is 13.2 Å². The van der Waals surface area contributed by atoms with Crippen LogP contribution in [0.2, 0.25) is 4.34 Å². The van der Waals surface area contributed by atoms with Gasteiger partial charge in [-0.1, -0.05) is 11.6 Å². The topological polar surface area (TPSA) is 52.5 Å². The monoisotopic (exact) mass is 235 g/mol. The summed E-state index contributed by atoms with van der Waals surface area (Å²) in [7, 11) is 0. The normalized spacial score (nSPS) is 13.5. The Labute approximate surface area is 92.3 Å². The lowest BCUT2D eigenvalue weighted by atomic mass is 10.2. The van der Waals surface area contributed by atoms with Gasteiger partial charge in [-0.2, -0.15) is 0 Å². The lowest BCUT2D eigenvalue weighted by Gasteiger charge is -2.18. The molecular weight excluding hydrogens is 222 g/mol. The van der Waals surface area contributed by atoms with E-state index in [0.29, 0.717) is 0 Å². The Bertz CT molecular complexity index is 276. The van der Waals surface area contributed by atoms with E-state index >= 15 is 0 Å². The van der Waals surface area contributed by atoms with Crippen molar-refractivity contribution in [2.45, 2.75) is 19.0 Å². The van der Waals surface area contributed by atoms with Crippen LogP contribution in [0.4, 0.5) is 0 Å². The molecule has 0 aliphatic carbocycles. The molecule has 1 aromatic rings. The van der Waals surface area contributed by atoms with Gasteiger partial charge in [0.2, 0.25) is 0 Å². The third-order valence-electron chi connectivity index (χ3n) is 1.95. The molecule has 1 atom stereocenters. The first-order valence-corrected chi connectivity index (χ1v) is 5.59. The summed E-state index contributed by atoms with van der Waals surface area (Å²) in [6, 6.07) is 3.60. The molecule has 1 aromatic heterocycles. The average Bonchev–Trinajstić information content (AvgIpc) is 2.61. The first-order valence-electron chi connectivity index (χ1n) is 4.40. The fourth-order valence-corrected chi connectivity index (χ4v) is 2.23. The smallest absolute Gasteiger partial charge is 0.0931 e. The third-order valence-corrected chi connectivity index (χ3v) is 3.36. The van der Waals surface area contributed by atoms with E-state index in [1.807, 2.05) is 19.1 Å². The fourth-order valence-electron chi connectivity index (χ4n) is 1.16. The summed E-state index contributed by atoms with van der Waals surface area (Å²) in [5, 5.41) is 20.9. The highest BCUT2D eigenvalue weighted by atomic mass is 35.5. The molecule has 0 aliphatic heterocycles. The van der Waals surface area contributed by atoms with E-state index in [-0.39, 0.29) is 25.3 Å². The summed E-state index contributed by atoms with van der Waals surface area (Å²) in [6.45, 7) is 1.83. The SMILES string of the molecule is CC(NC(CO)CO)c1ccc(Cl)s1. The van der Waals surface area contributed by atoms with Crippen molar-refractivity contribution in [1.29, 1.82) is 0 Å². The molecule has 14 heavy (non-hydrogen) atoms. The minimum absolute atomic E-state index is 0.0695. The van der Waals surface area contributed by atoms with Crippen LogP contribution in [-0.4, -0.2) is 29.5 Å². The van der Waals surface area contributed by atoms with Crippen LogP contribution < -0.4 is 5.32 Å². The van der Waals surface area contributed by atoms with Gasteiger partial charge in [0.15, 0.2) is 0 Å². The van der Waals surface area contributed by atoms with Crippen LogP contribution in [0.15, 0.2) is 12.1 Å². The molecule has 0 fully saturated rings. The zero-order valence-electron chi connectivity index (χ0n) is 7.90. The van der Waals surface area contributed by atoms with E-state index in [9.17, 15) is 0 Å². The van der Waals surface area contributed by atoms with Crippen LogP contribution in [0.3, 0.4) is 0 Å². The van der Waals surface area contributed by atoms with Gasteiger partial charge in [-0.05, 0) is 19.1 Å². The van der Waals surface area contributed by atoms with Crippen LogP contribution in [0, 0.1) is 0 Å². The minimum Gasteiger partial charge on any atom is -0.395 e. The highest BCUT2D eigenvalue weighted by Crippen LogP contribution is 2.26. The third kappa shape index (κ3) is 3.22. The van der Waals surface area contributed by atoms with Gasteiger partial charge in [0.05, 0.1) is 23.6 Å². The van der Waals surface area contributed by atoms with E-state index in [0.717, 1.165) is 9.21 Å². The van der Waals surface area contributed by atoms with Gasteiger partial charge in [0.1, 0.15) is 0 Å². The predicted molar refractivity (Wildman–Crippen MR) is 58.8 cm³/mol. The second-order valence-electron chi connectivity index (χ2n) is 3.09. The van der Waals surface area contributed by atoms with E-state index in [2.05, 4.69) is 5.32 Å². The number of rotatable bonds is 5. The molecule has 0 amide bonds. The van der Waals surface area contributed by atoms with Crippen molar-refractivity contribution in [3.63, 3.8) is 0 Å². The van der Waals surface area contributed by atoms with Gasteiger partial charge in [-0.3, -0.25) is 0 Å². The highest BCUT2D eigenvalue weighted by Gasteiger charge is 2.12. The highest BCUT2D eigenvalue weighted by molar-refractivity contribution is 7.16. The molecule has 80 valence electrons. The van der Waals surface area contributed by atoms with Gasteiger partial charge in [0, 0.05) is 10.9 Å². The van der Waals surface area contributed by atoms with Crippen molar-refractivity contribution in [3.05, 3.63) is 21.3 Å². The summed E-state index contributed by atoms with van der Waals surface area (Å²) in [5.41, 5.74) is 0. The number of thiophene rings is 1. The first-order chi connectivity index (χ1) is 6.67. The molecule has 1 rings (SSSR count). The van der Waals surface area contributed by atoms with Crippen LogP contribution >= 0.6 is 22.9 Å². The van der Waals surface area contributed by atoms with Gasteiger partial charge in [-0.15, -0.1) is 11.3 Å². The Hall–Kier alpha value is -0.130. The molecule has 0 aromatic carbocycles. The summed E-state index contributed by atoms with van der Waals surface area (Å²) < 4.78 is 0.748. The van der Waals surface area contributed by atoms with Crippen molar-refractivity contribution >= 4 is 22.9 Å². The van der Waals surface area contributed by atoms with E-state index in [1.165, 1.54) is 11.3 Å². The van der Waals surface area contributed by atoms with Crippen molar-refractivity contribution in [3.8, 4) is 0 Å². The summed E-state index contributed by atoms with van der Waals surface area (Å²) in [4.78, 5) is 1.10. The molecule has 5 heteroatoms. The number of halogens is 1. The lowest BCUT2D eigenvalue weighted by molar-refractivity contribution is 0.164. The van der Waals surface area contributed by atoms with Crippen LogP contribution in [0.5, 0.6) is 0 Å². The van der Waals surface area contributed by atoms with E-state index in [4.69, 9.17) is 21.8 Å². The standard InChI is InChI=1S/C9H14ClNO2S/c1-6(11-7(4-12)5-13)8-2-3-9(10)14-8/h2-3,6-7,11-13H,4-5H2,1H3. The van der Waals surface area contributed by atoms with Crippen LogP contribution in [0.25, 0.3) is 0 Å². The molecule has 3 N–H and O–H groups in total. The average molecular weight is 236 g/mol. The molecule has 0 bridgehead atoms. The zero-order valence-corrected chi connectivity index (χ0v) is 9.48. The van der Waals surface area contributed by atoms with Gasteiger partial charge >= 0.3 is 0 Å². The molecule has 1 unspecified atom stereocenters. The number of hydrogen-bond donors (Lipinski definition) is 3. The first kappa shape index (κ1) is 11.9. The van der Waals surface area contributed by atoms with Crippen LogP contribution in [-0.2, 0) is 0 Å². The second-order valence-corrected chi connectivity index (χ2v) is 4.84. The number of aliphatic hydroxyl groups is 2. The Morgan fingerprint density at radius 1 is 1.43 bits per heavy atom. The maximum Gasteiger partial charge on any atom is 0.0931 e. The van der Waals surface area contributed by atoms with Crippen molar-refractivity contribution in [2.24, 2.45) is 0 Å². The van der Waals surface area contributed by atoms with Gasteiger partial charge in [0.25, 0.3) is 0 Å². The van der Waals surface area contributed by atoms with E-state index in [1.54, 1.807) is 0 Å². The molecular formula is C9H14ClNO2S. The Kier molecular flexibility index (Phi) is 4.84. The van der Waals surface area contributed by atoms with Crippen molar-refractivity contribution in [1.82, 2.24) is 5.32 Å². The summed E-state index contributed by atoms with van der Waals surface area (Å²) in [6.07, 6.45) is 0. The molecule has 3 nitrogen and oxygen atoms in total. The maximum absolute atomic E-state index is 8.88. The quantitative estimate of drug-likeness (QED) is 0.723. The number of aliphatic hydroxyl groups excluding tert-OH is 2. The maximum atomic E-state index is 8.88. The lowest BCUT2D eigenvalue weighted by Crippen LogP contribution is -2.37. The fraction of sp³-hybridized carbons (Fsp3) is 0.556. The Morgan fingerprint density at radius 2 is 2.07 bits per heavy atom. The Balaban J connectivity index is 2.53. The molecule has 0 aliphatic rings. The zero-order chi connectivity index (χ0) is 10.6. The Morgan fingerprint density at radius 3 is 2.50 bits per heavy atom. The largest absolute Gasteiger partial charge is 0.395 e. The molecule has 1 heterocycles. The minimum atomic E-state index is -0.272. The van der Waals surface area contributed by atoms with Crippen molar-refractivity contribution < 1.29 is 10.2 Å². The molecule has 0 spiro atoms. The van der Waals surface area contributed by atoms with Crippen LogP contribution in [0.1, 0.15) is 17.8 Å².